The molecule has 0 unspecified atom stereocenters. The van der Waals surface area contributed by atoms with Crippen LogP contribution in [0.4, 0.5) is 10.1 Å². The molecule has 1 aromatic heterocycles. The molecule has 0 aliphatic heterocycles. The molecule has 1 aromatic carbocycles. The highest BCUT2D eigenvalue weighted by Gasteiger charge is 2.03. The van der Waals surface area contributed by atoms with E-state index >= 15 is 0 Å². The van der Waals surface area contributed by atoms with Gasteiger partial charge in [-0.2, -0.15) is 0 Å². The highest BCUT2D eigenvalue weighted by Crippen LogP contribution is 2.19. The Morgan fingerprint density at radius 2 is 2.28 bits per heavy atom. The molecule has 2 rings (SSSR count). The zero-order valence-corrected chi connectivity index (χ0v) is 10.9. The summed E-state index contributed by atoms with van der Waals surface area (Å²) in [6.45, 7) is 3.71. The molecular formula is C13H15ClFN3. The summed E-state index contributed by atoms with van der Waals surface area (Å²) in [7, 11) is 0. The summed E-state index contributed by atoms with van der Waals surface area (Å²) in [5, 5.41) is 3.33. The molecule has 1 heterocycles. The van der Waals surface area contributed by atoms with Crippen LogP contribution in [-0.4, -0.2) is 9.55 Å². The number of hydrogen-bond donors (Lipinski definition) is 1. The van der Waals surface area contributed by atoms with Crippen LogP contribution in [0, 0.1) is 5.82 Å². The molecule has 96 valence electrons. The van der Waals surface area contributed by atoms with Crippen molar-refractivity contribution in [1.29, 1.82) is 0 Å². The zero-order chi connectivity index (χ0) is 13.0. The van der Waals surface area contributed by atoms with Crippen LogP contribution in [0.3, 0.4) is 0 Å². The quantitative estimate of drug-likeness (QED) is 0.895. The lowest BCUT2D eigenvalue weighted by atomic mass is 10.3. The van der Waals surface area contributed by atoms with E-state index < -0.39 is 5.82 Å². The van der Waals surface area contributed by atoms with Gasteiger partial charge in [0.25, 0.3) is 0 Å². The summed E-state index contributed by atoms with van der Waals surface area (Å²) in [5.41, 5.74) is 1.89. The van der Waals surface area contributed by atoms with Crippen LogP contribution in [0.25, 0.3) is 0 Å². The van der Waals surface area contributed by atoms with Gasteiger partial charge in [-0.25, -0.2) is 9.37 Å². The number of anilines is 1. The second-order valence-electron chi connectivity index (χ2n) is 4.06. The summed E-state index contributed by atoms with van der Waals surface area (Å²) in [5.74, 6) is -0.404. The molecule has 0 fully saturated rings. The number of halogens is 2. The molecule has 0 radical (unpaired) electrons. The van der Waals surface area contributed by atoms with E-state index in [1.54, 1.807) is 12.1 Å². The molecule has 2 aromatic rings. The van der Waals surface area contributed by atoms with Crippen LogP contribution in [0.15, 0.2) is 30.7 Å². The molecule has 0 spiro atoms. The third-order valence-corrected chi connectivity index (χ3v) is 2.95. The Labute approximate surface area is 111 Å². The van der Waals surface area contributed by atoms with E-state index in [0.29, 0.717) is 6.54 Å². The van der Waals surface area contributed by atoms with Crippen LogP contribution in [-0.2, 0) is 13.1 Å². The lowest BCUT2D eigenvalue weighted by molar-refractivity contribution is 0.628. The summed E-state index contributed by atoms with van der Waals surface area (Å²) in [6, 6.07) is 4.60. The number of imidazole rings is 1. The van der Waals surface area contributed by atoms with Crippen molar-refractivity contribution < 1.29 is 4.39 Å². The van der Waals surface area contributed by atoms with E-state index in [0.717, 1.165) is 24.3 Å². The van der Waals surface area contributed by atoms with E-state index in [2.05, 4.69) is 21.8 Å². The standard InChI is InChI=1S/C13H15ClFN3/c1-2-5-18-9-16-7-11(18)8-17-10-3-4-13(15)12(14)6-10/h3-4,6-7,9,17H,2,5,8H2,1H3. The van der Waals surface area contributed by atoms with Crippen molar-refractivity contribution >= 4 is 17.3 Å². The van der Waals surface area contributed by atoms with Crippen molar-refractivity contribution in [3.63, 3.8) is 0 Å². The zero-order valence-electron chi connectivity index (χ0n) is 10.2. The molecule has 5 heteroatoms. The minimum atomic E-state index is -0.404. The average Bonchev–Trinajstić information content (AvgIpc) is 2.79. The second-order valence-corrected chi connectivity index (χ2v) is 4.47. The first-order chi connectivity index (χ1) is 8.70. The summed E-state index contributed by atoms with van der Waals surface area (Å²) < 4.78 is 15.1. The van der Waals surface area contributed by atoms with Crippen molar-refractivity contribution in [2.24, 2.45) is 0 Å². The molecule has 0 aliphatic rings. The largest absolute Gasteiger partial charge is 0.379 e. The summed E-state index contributed by atoms with van der Waals surface area (Å²) in [6.07, 6.45) is 4.71. The van der Waals surface area contributed by atoms with E-state index in [4.69, 9.17) is 11.6 Å². The molecule has 0 amide bonds. The fraction of sp³-hybridized carbons (Fsp3) is 0.308. The van der Waals surface area contributed by atoms with Gasteiger partial charge in [0.2, 0.25) is 0 Å². The minimum absolute atomic E-state index is 0.127. The molecular weight excluding hydrogens is 253 g/mol. The summed E-state index contributed by atoms with van der Waals surface area (Å²) in [4.78, 5) is 4.12. The Hall–Kier alpha value is -1.55. The molecule has 18 heavy (non-hydrogen) atoms. The maximum atomic E-state index is 13.0. The monoisotopic (exact) mass is 267 g/mol. The first-order valence-corrected chi connectivity index (χ1v) is 6.26. The van der Waals surface area contributed by atoms with Gasteiger partial charge < -0.3 is 9.88 Å². The van der Waals surface area contributed by atoms with Crippen LogP contribution in [0.1, 0.15) is 19.0 Å². The maximum Gasteiger partial charge on any atom is 0.141 e. The van der Waals surface area contributed by atoms with Gasteiger partial charge >= 0.3 is 0 Å². The molecule has 3 nitrogen and oxygen atoms in total. The Morgan fingerprint density at radius 3 is 3.00 bits per heavy atom. The third-order valence-electron chi connectivity index (χ3n) is 2.66. The third kappa shape index (κ3) is 3.01. The first kappa shape index (κ1) is 12.9. The number of rotatable bonds is 5. The number of hydrogen-bond acceptors (Lipinski definition) is 2. The Balaban J connectivity index is 2.02. The van der Waals surface area contributed by atoms with E-state index in [1.165, 1.54) is 6.07 Å². The van der Waals surface area contributed by atoms with Crippen molar-refractivity contribution in [2.45, 2.75) is 26.4 Å². The van der Waals surface area contributed by atoms with E-state index in [1.807, 2.05) is 12.5 Å². The number of nitrogens with zero attached hydrogens (tertiary/aromatic N) is 2. The van der Waals surface area contributed by atoms with E-state index in [9.17, 15) is 4.39 Å². The molecule has 1 N–H and O–H groups in total. The van der Waals surface area contributed by atoms with Gasteiger partial charge in [-0.3, -0.25) is 0 Å². The second kappa shape index (κ2) is 5.87. The van der Waals surface area contributed by atoms with Crippen molar-refractivity contribution in [3.05, 3.63) is 47.3 Å². The Bertz CT molecular complexity index is 525. The number of benzene rings is 1. The lowest BCUT2D eigenvalue weighted by Gasteiger charge is -2.09. The van der Waals surface area contributed by atoms with Crippen LogP contribution >= 0.6 is 11.6 Å². The predicted molar refractivity (Wildman–Crippen MR) is 71.3 cm³/mol. The van der Waals surface area contributed by atoms with Crippen molar-refractivity contribution in [1.82, 2.24) is 9.55 Å². The fourth-order valence-corrected chi connectivity index (χ4v) is 1.92. The van der Waals surface area contributed by atoms with Crippen molar-refractivity contribution in [2.75, 3.05) is 5.32 Å². The molecule has 0 aliphatic carbocycles. The van der Waals surface area contributed by atoms with Gasteiger partial charge in [0.1, 0.15) is 5.82 Å². The van der Waals surface area contributed by atoms with Gasteiger partial charge in [0.05, 0.1) is 23.6 Å². The van der Waals surface area contributed by atoms with Crippen LogP contribution in [0.5, 0.6) is 0 Å². The topological polar surface area (TPSA) is 29.9 Å². The van der Waals surface area contributed by atoms with Crippen LogP contribution in [0.2, 0.25) is 5.02 Å². The highest BCUT2D eigenvalue weighted by molar-refractivity contribution is 6.31. The molecule has 0 bridgehead atoms. The smallest absolute Gasteiger partial charge is 0.141 e. The minimum Gasteiger partial charge on any atom is -0.379 e. The number of nitrogens with one attached hydrogen (secondary N) is 1. The van der Waals surface area contributed by atoms with E-state index in [-0.39, 0.29) is 5.02 Å². The van der Waals surface area contributed by atoms with Gasteiger partial charge in [0.15, 0.2) is 0 Å². The SMILES string of the molecule is CCCn1cncc1CNc1ccc(F)c(Cl)c1. The van der Waals surface area contributed by atoms with Gasteiger partial charge in [-0.05, 0) is 24.6 Å². The number of aryl methyl sites for hydroxylation is 1. The highest BCUT2D eigenvalue weighted by atomic mass is 35.5. The number of aromatic nitrogens is 2. The summed E-state index contributed by atoms with van der Waals surface area (Å²) >= 11 is 5.72. The normalized spacial score (nSPS) is 10.6. The fourth-order valence-electron chi connectivity index (χ4n) is 1.74. The van der Waals surface area contributed by atoms with Gasteiger partial charge in [0, 0.05) is 18.4 Å². The first-order valence-electron chi connectivity index (χ1n) is 5.88. The van der Waals surface area contributed by atoms with Crippen LogP contribution < -0.4 is 5.32 Å². The molecule has 0 saturated carbocycles. The van der Waals surface area contributed by atoms with Gasteiger partial charge in [-0.1, -0.05) is 18.5 Å². The maximum absolute atomic E-state index is 13.0. The molecule has 0 saturated heterocycles. The average molecular weight is 268 g/mol. The predicted octanol–water partition coefficient (Wildman–Crippen LogP) is 3.70. The molecule has 0 atom stereocenters. The van der Waals surface area contributed by atoms with Gasteiger partial charge in [-0.15, -0.1) is 0 Å². The van der Waals surface area contributed by atoms with Crippen molar-refractivity contribution in [3.8, 4) is 0 Å². The lowest BCUT2D eigenvalue weighted by Crippen LogP contribution is -2.06. The Morgan fingerprint density at radius 1 is 1.44 bits per heavy atom. The Kier molecular flexibility index (Phi) is 4.20.